The van der Waals surface area contributed by atoms with E-state index in [2.05, 4.69) is 24.0 Å². The summed E-state index contributed by atoms with van der Waals surface area (Å²) in [6.45, 7) is 8.30. The molecular formula is C14H19N3O2S. The monoisotopic (exact) mass is 293 g/mol. The predicted molar refractivity (Wildman–Crippen MR) is 78.0 cm³/mol. The van der Waals surface area contributed by atoms with Crippen molar-refractivity contribution in [2.24, 2.45) is 0 Å². The summed E-state index contributed by atoms with van der Waals surface area (Å²) in [6, 6.07) is 1.84. The van der Waals surface area contributed by atoms with Crippen molar-refractivity contribution in [1.29, 1.82) is 0 Å². The topological polar surface area (TPSA) is 59.2 Å². The molecule has 0 unspecified atom stereocenters. The number of rotatable bonds is 4. The van der Waals surface area contributed by atoms with Crippen LogP contribution in [0.25, 0.3) is 0 Å². The van der Waals surface area contributed by atoms with E-state index in [1.54, 1.807) is 11.9 Å². The van der Waals surface area contributed by atoms with E-state index in [4.69, 9.17) is 4.52 Å². The van der Waals surface area contributed by atoms with E-state index in [-0.39, 0.29) is 5.91 Å². The van der Waals surface area contributed by atoms with Gasteiger partial charge < -0.3 is 9.42 Å². The van der Waals surface area contributed by atoms with Gasteiger partial charge in [-0.3, -0.25) is 4.79 Å². The van der Waals surface area contributed by atoms with Crippen molar-refractivity contribution >= 4 is 17.2 Å². The Kier molecular flexibility index (Phi) is 4.23. The second-order valence-corrected chi connectivity index (χ2v) is 6.24. The second-order valence-electron chi connectivity index (χ2n) is 5.21. The number of carbonyl (C=O) groups is 1. The molecule has 0 aromatic carbocycles. The Morgan fingerprint density at radius 3 is 2.65 bits per heavy atom. The number of amides is 1. The van der Waals surface area contributed by atoms with Crippen LogP contribution >= 0.6 is 11.3 Å². The second kappa shape index (κ2) is 5.75. The fourth-order valence-electron chi connectivity index (χ4n) is 1.84. The molecule has 2 aromatic heterocycles. The van der Waals surface area contributed by atoms with Crippen molar-refractivity contribution in [3.05, 3.63) is 33.1 Å². The SMILES string of the molecule is Cc1cc(CN(C)C(=O)c2sc(C(C)C)nc2C)no1. The van der Waals surface area contributed by atoms with Crippen LogP contribution in [0.4, 0.5) is 0 Å². The molecule has 0 spiro atoms. The first-order valence-corrected chi connectivity index (χ1v) is 7.35. The highest BCUT2D eigenvalue weighted by Gasteiger charge is 2.20. The summed E-state index contributed by atoms with van der Waals surface area (Å²) in [4.78, 5) is 19.3. The molecule has 0 bridgehead atoms. The van der Waals surface area contributed by atoms with Crippen LogP contribution < -0.4 is 0 Å². The lowest BCUT2D eigenvalue weighted by Gasteiger charge is -2.14. The maximum absolute atomic E-state index is 12.5. The van der Waals surface area contributed by atoms with Crippen LogP contribution in [-0.4, -0.2) is 28.0 Å². The summed E-state index contributed by atoms with van der Waals surface area (Å²) < 4.78 is 5.01. The van der Waals surface area contributed by atoms with Crippen molar-refractivity contribution in [3.8, 4) is 0 Å². The first kappa shape index (κ1) is 14.7. The van der Waals surface area contributed by atoms with Gasteiger partial charge in [-0.05, 0) is 13.8 Å². The Labute approximate surface area is 122 Å². The summed E-state index contributed by atoms with van der Waals surface area (Å²) >= 11 is 1.47. The number of aromatic nitrogens is 2. The van der Waals surface area contributed by atoms with Crippen LogP contribution in [0, 0.1) is 13.8 Å². The molecule has 108 valence electrons. The Balaban J connectivity index is 2.14. The zero-order valence-corrected chi connectivity index (χ0v) is 13.2. The first-order chi connectivity index (χ1) is 9.38. The highest BCUT2D eigenvalue weighted by Crippen LogP contribution is 2.25. The van der Waals surface area contributed by atoms with E-state index >= 15 is 0 Å². The molecule has 2 rings (SSSR count). The van der Waals surface area contributed by atoms with Gasteiger partial charge >= 0.3 is 0 Å². The minimum Gasteiger partial charge on any atom is -0.361 e. The summed E-state index contributed by atoms with van der Waals surface area (Å²) in [6.07, 6.45) is 0. The Hall–Kier alpha value is -1.69. The lowest BCUT2D eigenvalue weighted by molar-refractivity contribution is 0.0786. The number of aryl methyl sites for hydroxylation is 2. The normalized spacial score (nSPS) is 11.1. The van der Waals surface area contributed by atoms with Crippen LogP contribution in [0.1, 0.15) is 51.6 Å². The minimum absolute atomic E-state index is 0.0208. The molecule has 0 aliphatic heterocycles. The van der Waals surface area contributed by atoms with E-state index in [9.17, 15) is 4.79 Å². The molecule has 0 fully saturated rings. The molecule has 0 radical (unpaired) electrons. The maximum atomic E-state index is 12.5. The van der Waals surface area contributed by atoms with Gasteiger partial charge in [0.25, 0.3) is 5.91 Å². The van der Waals surface area contributed by atoms with Crippen molar-refractivity contribution in [2.45, 2.75) is 40.2 Å². The van der Waals surface area contributed by atoms with Crippen LogP contribution in [-0.2, 0) is 6.54 Å². The van der Waals surface area contributed by atoms with Gasteiger partial charge in [0.05, 0.1) is 17.2 Å². The Morgan fingerprint density at radius 2 is 2.15 bits per heavy atom. The highest BCUT2D eigenvalue weighted by molar-refractivity contribution is 7.13. The van der Waals surface area contributed by atoms with Gasteiger partial charge in [-0.1, -0.05) is 19.0 Å². The maximum Gasteiger partial charge on any atom is 0.265 e. The molecule has 0 saturated heterocycles. The molecule has 0 aliphatic carbocycles. The number of nitrogens with zero attached hydrogens (tertiary/aromatic N) is 3. The molecule has 0 saturated carbocycles. The molecule has 0 aliphatic rings. The quantitative estimate of drug-likeness (QED) is 0.869. The lowest BCUT2D eigenvalue weighted by atomic mass is 10.2. The zero-order chi connectivity index (χ0) is 14.9. The molecule has 6 heteroatoms. The number of carbonyl (C=O) groups excluding carboxylic acids is 1. The van der Waals surface area contributed by atoms with Crippen LogP contribution in [0.15, 0.2) is 10.6 Å². The van der Waals surface area contributed by atoms with Crippen LogP contribution in [0.5, 0.6) is 0 Å². The summed E-state index contributed by atoms with van der Waals surface area (Å²) in [5, 5.41) is 4.90. The number of hydrogen-bond donors (Lipinski definition) is 0. The van der Waals surface area contributed by atoms with Crippen molar-refractivity contribution in [1.82, 2.24) is 15.0 Å². The van der Waals surface area contributed by atoms with E-state index in [0.29, 0.717) is 17.3 Å². The van der Waals surface area contributed by atoms with Gasteiger partial charge in [-0.25, -0.2) is 4.98 Å². The van der Waals surface area contributed by atoms with Crippen molar-refractivity contribution in [3.63, 3.8) is 0 Å². The molecule has 2 heterocycles. The van der Waals surface area contributed by atoms with Gasteiger partial charge in [0.15, 0.2) is 0 Å². The summed E-state index contributed by atoms with van der Waals surface area (Å²) in [5.74, 6) is 1.06. The third-order valence-electron chi connectivity index (χ3n) is 2.92. The average Bonchev–Trinajstić information content (AvgIpc) is 2.95. The summed E-state index contributed by atoms with van der Waals surface area (Å²) in [7, 11) is 1.76. The molecule has 1 amide bonds. The molecule has 20 heavy (non-hydrogen) atoms. The van der Waals surface area contributed by atoms with E-state index in [1.165, 1.54) is 11.3 Å². The zero-order valence-electron chi connectivity index (χ0n) is 12.4. The smallest absolute Gasteiger partial charge is 0.265 e. The van der Waals surface area contributed by atoms with Gasteiger partial charge in [0.2, 0.25) is 0 Å². The van der Waals surface area contributed by atoms with Gasteiger partial charge in [-0.2, -0.15) is 0 Å². The average molecular weight is 293 g/mol. The third kappa shape index (κ3) is 3.07. The van der Waals surface area contributed by atoms with Gasteiger partial charge in [0.1, 0.15) is 16.3 Å². The molecule has 5 nitrogen and oxygen atoms in total. The predicted octanol–water partition coefficient (Wildman–Crippen LogP) is 3.14. The summed E-state index contributed by atoms with van der Waals surface area (Å²) in [5.41, 5.74) is 1.55. The molecular weight excluding hydrogens is 274 g/mol. The Bertz CT molecular complexity index is 616. The van der Waals surface area contributed by atoms with Gasteiger partial charge in [-0.15, -0.1) is 11.3 Å². The highest BCUT2D eigenvalue weighted by atomic mass is 32.1. The lowest BCUT2D eigenvalue weighted by Crippen LogP contribution is -2.26. The van der Waals surface area contributed by atoms with Crippen LogP contribution in [0.2, 0.25) is 0 Å². The number of thiazole rings is 1. The first-order valence-electron chi connectivity index (χ1n) is 6.53. The third-order valence-corrected chi connectivity index (χ3v) is 4.37. The largest absolute Gasteiger partial charge is 0.361 e. The van der Waals surface area contributed by atoms with E-state index in [1.807, 2.05) is 19.9 Å². The molecule has 0 atom stereocenters. The Morgan fingerprint density at radius 1 is 1.45 bits per heavy atom. The fraction of sp³-hybridized carbons (Fsp3) is 0.500. The van der Waals surface area contributed by atoms with E-state index in [0.717, 1.165) is 22.2 Å². The standard InChI is InChI=1S/C14H19N3O2S/c1-8(2)13-15-10(4)12(20-13)14(18)17(5)7-11-6-9(3)19-16-11/h6,8H,7H2,1-5H3. The van der Waals surface area contributed by atoms with E-state index < -0.39 is 0 Å². The van der Waals surface area contributed by atoms with Crippen molar-refractivity contribution < 1.29 is 9.32 Å². The molecule has 0 N–H and O–H groups in total. The van der Waals surface area contributed by atoms with Crippen LogP contribution in [0.3, 0.4) is 0 Å². The fourth-order valence-corrected chi connectivity index (χ4v) is 2.91. The van der Waals surface area contributed by atoms with Gasteiger partial charge in [0, 0.05) is 19.0 Å². The number of hydrogen-bond acceptors (Lipinski definition) is 5. The van der Waals surface area contributed by atoms with Crippen molar-refractivity contribution in [2.75, 3.05) is 7.05 Å². The molecule has 2 aromatic rings. The minimum atomic E-state index is -0.0208.